The number of non-ortho nitro benzene ring substituents is 1. The number of rotatable bonds is 5. The zero-order chi connectivity index (χ0) is 15.5. The zero-order valence-corrected chi connectivity index (χ0v) is 12.9. The van der Waals surface area contributed by atoms with Crippen molar-refractivity contribution in [2.24, 2.45) is 0 Å². The third-order valence-electron chi connectivity index (χ3n) is 2.98. The molecule has 0 aliphatic heterocycles. The monoisotopic (exact) mass is 330 g/mol. The Morgan fingerprint density at radius 3 is 2.73 bits per heavy atom. The van der Waals surface area contributed by atoms with Gasteiger partial charge in [-0.1, -0.05) is 42.1 Å². The van der Waals surface area contributed by atoms with Crippen LogP contribution in [0.1, 0.15) is 10.4 Å². The summed E-state index contributed by atoms with van der Waals surface area (Å²) in [7, 11) is 0. The molecule has 0 atom stereocenters. The molecule has 0 aliphatic carbocycles. The summed E-state index contributed by atoms with van der Waals surface area (Å²) >= 11 is 2.78. The Bertz CT molecular complexity index is 846. The SMILES string of the molecule is O=C(CSc1nc2cc([N+](=O)[O-])ccc2s1)c1ccccc1. The number of nitro benzene ring substituents is 1. The van der Waals surface area contributed by atoms with Crippen molar-refractivity contribution in [2.75, 3.05) is 5.75 Å². The first-order valence-corrected chi connectivity index (χ1v) is 8.20. The number of nitro groups is 1. The normalized spacial score (nSPS) is 10.7. The fraction of sp³-hybridized carbons (Fsp3) is 0.0667. The predicted molar refractivity (Wildman–Crippen MR) is 87.8 cm³/mol. The highest BCUT2D eigenvalue weighted by Gasteiger charge is 2.12. The van der Waals surface area contributed by atoms with Gasteiger partial charge in [0.25, 0.3) is 5.69 Å². The summed E-state index contributed by atoms with van der Waals surface area (Å²) in [6, 6.07) is 13.7. The molecule has 22 heavy (non-hydrogen) atoms. The summed E-state index contributed by atoms with van der Waals surface area (Å²) in [5.41, 5.74) is 1.29. The van der Waals surface area contributed by atoms with E-state index < -0.39 is 4.92 Å². The molecule has 0 unspecified atom stereocenters. The Balaban J connectivity index is 1.74. The van der Waals surface area contributed by atoms with Crippen molar-refractivity contribution in [1.82, 2.24) is 4.98 Å². The first-order valence-electron chi connectivity index (χ1n) is 6.39. The molecule has 0 N–H and O–H groups in total. The second kappa shape index (κ2) is 6.25. The van der Waals surface area contributed by atoms with Gasteiger partial charge < -0.3 is 0 Å². The van der Waals surface area contributed by atoms with Gasteiger partial charge in [-0.15, -0.1) is 11.3 Å². The third-order valence-corrected chi connectivity index (χ3v) is 5.16. The fourth-order valence-corrected chi connectivity index (χ4v) is 3.85. The van der Waals surface area contributed by atoms with E-state index >= 15 is 0 Å². The maximum absolute atomic E-state index is 12.0. The molecule has 2 aromatic carbocycles. The van der Waals surface area contributed by atoms with Crippen molar-refractivity contribution < 1.29 is 9.72 Å². The average Bonchev–Trinajstić information content (AvgIpc) is 2.95. The van der Waals surface area contributed by atoms with Crippen molar-refractivity contribution in [1.29, 1.82) is 0 Å². The Morgan fingerprint density at radius 2 is 2.00 bits per heavy atom. The predicted octanol–water partition coefficient (Wildman–Crippen LogP) is 4.18. The van der Waals surface area contributed by atoms with Gasteiger partial charge in [-0.2, -0.15) is 0 Å². The molecule has 1 aromatic heterocycles. The molecule has 0 saturated carbocycles. The van der Waals surface area contributed by atoms with Crippen LogP contribution in [-0.2, 0) is 0 Å². The maximum atomic E-state index is 12.0. The second-order valence-corrected chi connectivity index (χ2v) is 6.72. The summed E-state index contributed by atoms with van der Waals surface area (Å²) in [5.74, 6) is 0.335. The molecule has 1 heterocycles. The minimum absolute atomic E-state index is 0.0229. The van der Waals surface area contributed by atoms with Crippen molar-refractivity contribution in [3.8, 4) is 0 Å². The highest BCUT2D eigenvalue weighted by atomic mass is 32.2. The van der Waals surface area contributed by atoms with E-state index in [0.29, 0.717) is 16.8 Å². The Hall–Kier alpha value is -2.25. The van der Waals surface area contributed by atoms with Crippen LogP contribution in [0.5, 0.6) is 0 Å². The van der Waals surface area contributed by atoms with E-state index in [2.05, 4.69) is 4.98 Å². The lowest BCUT2D eigenvalue weighted by Crippen LogP contribution is -2.01. The second-order valence-electron chi connectivity index (χ2n) is 4.47. The molecule has 5 nitrogen and oxygen atoms in total. The van der Waals surface area contributed by atoms with Crippen LogP contribution in [0.2, 0.25) is 0 Å². The van der Waals surface area contributed by atoms with Gasteiger partial charge in [0.2, 0.25) is 0 Å². The molecule has 0 saturated heterocycles. The molecule has 0 fully saturated rings. The van der Waals surface area contributed by atoms with Crippen molar-refractivity contribution in [3.05, 3.63) is 64.2 Å². The number of fused-ring (bicyclic) bond motifs is 1. The number of benzene rings is 2. The highest BCUT2D eigenvalue weighted by molar-refractivity contribution is 8.01. The molecule has 0 amide bonds. The largest absolute Gasteiger partial charge is 0.293 e. The lowest BCUT2D eigenvalue weighted by atomic mass is 10.2. The number of Topliss-reactive ketones (excluding diaryl/α,β-unsaturated/α-hetero) is 1. The van der Waals surface area contributed by atoms with E-state index in [9.17, 15) is 14.9 Å². The molecule has 3 rings (SSSR count). The molecular formula is C15H10N2O3S2. The minimum atomic E-state index is -0.440. The summed E-state index contributed by atoms with van der Waals surface area (Å²) in [6.45, 7) is 0. The van der Waals surface area contributed by atoms with Gasteiger partial charge in [0.05, 0.1) is 20.9 Å². The standard InChI is InChI=1S/C15H10N2O3S2/c18-13(10-4-2-1-3-5-10)9-21-15-16-12-8-11(17(19)20)6-7-14(12)22-15/h1-8H,9H2. The maximum Gasteiger partial charge on any atom is 0.271 e. The van der Waals surface area contributed by atoms with E-state index in [4.69, 9.17) is 0 Å². The lowest BCUT2D eigenvalue weighted by molar-refractivity contribution is -0.384. The number of aromatic nitrogens is 1. The number of carbonyl (C=O) groups is 1. The van der Waals surface area contributed by atoms with Gasteiger partial charge in [0.1, 0.15) is 0 Å². The van der Waals surface area contributed by atoms with Crippen LogP contribution in [0.15, 0.2) is 52.9 Å². The van der Waals surface area contributed by atoms with Crippen LogP contribution in [-0.4, -0.2) is 21.4 Å². The molecule has 7 heteroatoms. The van der Waals surface area contributed by atoms with Gasteiger partial charge in [-0.25, -0.2) is 4.98 Å². The van der Waals surface area contributed by atoms with Gasteiger partial charge in [-0.3, -0.25) is 14.9 Å². The number of thioether (sulfide) groups is 1. The van der Waals surface area contributed by atoms with E-state index in [1.807, 2.05) is 18.2 Å². The van der Waals surface area contributed by atoms with Crippen LogP contribution in [0.3, 0.4) is 0 Å². The topological polar surface area (TPSA) is 73.1 Å². The van der Waals surface area contributed by atoms with Crippen molar-refractivity contribution in [2.45, 2.75) is 4.34 Å². The number of ketones is 1. The zero-order valence-electron chi connectivity index (χ0n) is 11.3. The van der Waals surface area contributed by atoms with Crippen LogP contribution in [0, 0.1) is 10.1 Å². The van der Waals surface area contributed by atoms with Crippen LogP contribution < -0.4 is 0 Å². The first-order chi connectivity index (χ1) is 10.6. The van der Waals surface area contributed by atoms with E-state index in [0.717, 1.165) is 9.04 Å². The summed E-state index contributed by atoms with van der Waals surface area (Å²) < 4.78 is 1.61. The smallest absolute Gasteiger partial charge is 0.271 e. The molecule has 0 radical (unpaired) electrons. The van der Waals surface area contributed by atoms with E-state index in [1.165, 1.54) is 35.2 Å². The molecular weight excluding hydrogens is 320 g/mol. The lowest BCUT2D eigenvalue weighted by Gasteiger charge is -1.98. The first kappa shape index (κ1) is 14.7. The van der Waals surface area contributed by atoms with Crippen LogP contribution in [0.25, 0.3) is 10.2 Å². The molecule has 0 aliphatic rings. The fourth-order valence-electron chi connectivity index (χ4n) is 1.90. The van der Waals surface area contributed by atoms with Crippen molar-refractivity contribution in [3.63, 3.8) is 0 Å². The van der Waals surface area contributed by atoms with E-state index in [-0.39, 0.29) is 11.5 Å². The van der Waals surface area contributed by atoms with Crippen LogP contribution >= 0.6 is 23.1 Å². The molecule has 110 valence electrons. The van der Waals surface area contributed by atoms with Crippen LogP contribution in [0.4, 0.5) is 5.69 Å². The number of thiazole rings is 1. The van der Waals surface area contributed by atoms with Gasteiger partial charge in [0.15, 0.2) is 10.1 Å². The Labute approximate surface area is 134 Å². The molecule has 0 bridgehead atoms. The van der Waals surface area contributed by atoms with Gasteiger partial charge >= 0.3 is 0 Å². The highest BCUT2D eigenvalue weighted by Crippen LogP contribution is 2.31. The quantitative estimate of drug-likeness (QED) is 0.304. The Kier molecular flexibility index (Phi) is 4.17. The summed E-state index contributed by atoms with van der Waals surface area (Å²) in [5, 5.41) is 10.8. The number of carbonyl (C=O) groups excluding carboxylic acids is 1. The summed E-state index contributed by atoms with van der Waals surface area (Å²) in [4.78, 5) is 26.7. The van der Waals surface area contributed by atoms with Gasteiger partial charge in [-0.05, 0) is 6.07 Å². The Morgan fingerprint density at radius 1 is 1.23 bits per heavy atom. The number of hydrogen-bond donors (Lipinski definition) is 0. The number of nitrogens with zero attached hydrogens (tertiary/aromatic N) is 2. The average molecular weight is 330 g/mol. The summed E-state index contributed by atoms with van der Waals surface area (Å²) in [6.07, 6.45) is 0. The van der Waals surface area contributed by atoms with Gasteiger partial charge in [0, 0.05) is 17.7 Å². The van der Waals surface area contributed by atoms with Crippen molar-refractivity contribution >= 4 is 44.8 Å². The third kappa shape index (κ3) is 3.15. The molecule has 0 spiro atoms. The van der Waals surface area contributed by atoms with E-state index in [1.54, 1.807) is 18.2 Å². The minimum Gasteiger partial charge on any atom is -0.293 e. The number of hydrogen-bond acceptors (Lipinski definition) is 6. The molecule has 3 aromatic rings.